The van der Waals surface area contributed by atoms with E-state index in [1.54, 1.807) is 47.5 Å². The van der Waals surface area contributed by atoms with Crippen LogP contribution < -0.4 is 15.5 Å². The molecule has 7 heteroatoms. The van der Waals surface area contributed by atoms with Gasteiger partial charge >= 0.3 is 144 Å². The van der Waals surface area contributed by atoms with E-state index >= 15 is 0 Å². The molecule has 3 rings (SSSR count). The molecular formula is C17H14FN3O2Se. The zero-order valence-electron chi connectivity index (χ0n) is 12.5. The predicted octanol–water partition coefficient (Wildman–Crippen LogP) is 1.61. The van der Waals surface area contributed by atoms with Gasteiger partial charge in [0.05, 0.1) is 0 Å². The molecule has 2 amide bonds. The molecule has 2 N–H and O–H groups in total. The number of halogens is 1. The van der Waals surface area contributed by atoms with Crippen LogP contribution in [-0.2, 0) is 4.79 Å². The van der Waals surface area contributed by atoms with Crippen molar-refractivity contribution in [3.8, 4) is 0 Å². The first-order chi connectivity index (χ1) is 11.7. The summed E-state index contributed by atoms with van der Waals surface area (Å²) >= 11 is -0.225. The van der Waals surface area contributed by atoms with Crippen molar-refractivity contribution >= 4 is 33.0 Å². The van der Waals surface area contributed by atoms with E-state index in [2.05, 4.69) is 10.6 Å². The monoisotopic (exact) mass is 391 g/mol. The number of amides is 2. The van der Waals surface area contributed by atoms with Gasteiger partial charge in [-0.2, -0.15) is 0 Å². The summed E-state index contributed by atoms with van der Waals surface area (Å²) in [4.78, 5) is 24.9. The third kappa shape index (κ3) is 3.64. The van der Waals surface area contributed by atoms with E-state index in [0.29, 0.717) is 22.3 Å². The zero-order chi connectivity index (χ0) is 16.9. The van der Waals surface area contributed by atoms with Crippen molar-refractivity contribution in [2.24, 2.45) is 0 Å². The summed E-state index contributed by atoms with van der Waals surface area (Å²) in [5.74, 6) is -0.581. The molecule has 0 fully saturated rings. The maximum absolute atomic E-state index is 13.5. The first-order valence-corrected chi connectivity index (χ1v) is 9.00. The number of hydrogen-bond acceptors (Lipinski definition) is 3. The van der Waals surface area contributed by atoms with Crippen molar-refractivity contribution in [3.05, 3.63) is 76.8 Å². The van der Waals surface area contributed by atoms with Crippen molar-refractivity contribution in [2.75, 3.05) is 4.90 Å². The van der Waals surface area contributed by atoms with E-state index in [9.17, 15) is 14.0 Å². The van der Waals surface area contributed by atoms with Gasteiger partial charge in [0, 0.05) is 0 Å². The van der Waals surface area contributed by atoms with Gasteiger partial charge in [0.1, 0.15) is 0 Å². The first kappa shape index (κ1) is 16.2. The summed E-state index contributed by atoms with van der Waals surface area (Å²) in [6.07, 6.45) is 2.32. The van der Waals surface area contributed by atoms with Crippen molar-refractivity contribution in [2.45, 2.75) is 5.06 Å². The molecule has 1 atom stereocenters. The number of anilines is 1. The molecule has 1 heterocycles. The molecule has 0 saturated heterocycles. The molecule has 24 heavy (non-hydrogen) atoms. The number of benzene rings is 2. The number of carbonyl (C=O) groups excluding carboxylic acids is 2. The van der Waals surface area contributed by atoms with Gasteiger partial charge in [-0.05, 0) is 0 Å². The first-order valence-electron chi connectivity index (χ1n) is 7.16. The van der Waals surface area contributed by atoms with E-state index in [-0.39, 0.29) is 31.7 Å². The van der Waals surface area contributed by atoms with Crippen LogP contribution in [0.4, 0.5) is 10.1 Å². The van der Waals surface area contributed by atoms with Crippen LogP contribution in [0.15, 0.2) is 65.4 Å². The van der Waals surface area contributed by atoms with E-state index in [1.165, 1.54) is 12.1 Å². The SMILES string of the molecule is O=CNC1=CN(c2cccc(F)c2)C(NC(=O)c2ccccc2)[Se]1. The molecule has 5 nitrogen and oxygen atoms in total. The summed E-state index contributed by atoms with van der Waals surface area (Å²) in [6, 6.07) is 15.0. The number of carbonyl (C=O) groups is 2. The Morgan fingerprint density at radius 1 is 1.17 bits per heavy atom. The van der Waals surface area contributed by atoms with Crippen LogP contribution in [0.3, 0.4) is 0 Å². The zero-order valence-corrected chi connectivity index (χ0v) is 14.2. The third-order valence-electron chi connectivity index (χ3n) is 3.35. The van der Waals surface area contributed by atoms with E-state index in [4.69, 9.17) is 0 Å². The molecular weight excluding hydrogens is 376 g/mol. The minimum absolute atomic E-state index is 0.218. The summed E-state index contributed by atoms with van der Waals surface area (Å²) < 4.78 is 14.2. The Balaban J connectivity index is 1.83. The summed E-state index contributed by atoms with van der Waals surface area (Å²) in [7, 11) is 0. The summed E-state index contributed by atoms with van der Waals surface area (Å²) in [6.45, 7) is 0. The summed E-state index contributed by atoms with van der Waals surface area (Å²) in [5.41, 5.74) is 1.15. The maximum atomic E-state index is 13.5. The van der Waals surface area contributed by atoms with Crippen LogP contribution in [-0.4, -0.2) is 32.3 Å². The molecule has 1 unspecified atom stereocenters. The average molecular weight is 390 g/mol. The fourth-order valence-corrected chi connectivity index (χ4v) is 4.35. The Kier molecular flexibility index (Phi) is 4.93. The van der Waals surface area contributed by atoms with Gasteiger partial charge in [0.15, 0.2) is 0 Å². The number of rotatable bonds is 5. The van der Waals surface area contributed by atoms with Gasteiger partial charge in [-0.25, -0.2) is 0 Å². The van der Waals surface area contributed by atoms with Crippen LogP contribution in [0.25, 0.3) is 0 Å². The van der Waals surface area contributed by atoms with Gasteiger partial charge < -0.3 is 0 Å². The third-order valence-corrected chi connectivity index (χ3v) is 5.54. The van der Waals surface area contributed by atoms with Gasteiger partial charge in [-0.15, -0.1) is 0 Å². The Bertz CT molecular complexity index is 782. The van der Waals surface area contributed by atoms with E-state index in [1.807, 2.05) is 6.07 Å². The quantitative estimate of drug-likeness (QED) is 0.603. The second-order valence-corrected chi connectivity index (χ2v) is 7.31. The van der Waals surface area contributed by atoms with Crippen LogP contribution in [0, 0.1) is 5.82 Å². The second kappa shape index (κ2) is 7.29. The Morgan fingerprint density at radius 2 is 1.96 bits per heavy atom. The topological polar surface area (TPSA) is 61.4 Å². The van der Waals surface area contributed by atoms with Crippen molar-refractivity contribution in [1.82, 2.24) is 10.6 Å². The standard InChI is InChI=1S/C17H14FN3O2Se/c18-13-7-4-8-14(9-13)21-10-15(19-11-22)24-17(21)20-16(23)12-5-2-1-3-6-12/h1-11,17H,(H,19,22)(H,20,23). The number of nitrogens with one attached hydrogen (secondary N) is 2. The number of hydrogen-bond donors (Lipinski definition) is 2. The minimum atomic E-state index is -0.363. The molecule has 122 valence electrons. The van der Waals surface area contributed by atoms with Gasteiger partial charge in [-0.3, -0.25) is 0 Å². The van der Waals surface area contributed by atoms with Crippen molar-refractivity contribution in [1.29, 1.82) is 0 Å². The van der Waals surface area contributed by atoms with Gasteiger partial charge in [0.25, 0.3) is 0 Å². The van der Waals surface area contributed by atoms with E-state index < -0.39 is 0 Å². The fourth-order valence-electron chi connectivity index (χ4n) is 2.26. The molecule has 0 aromatic heterocycles. The number of nitrogens with zero attached hydrogens (tertiary/aromatic N) is 1. The Labute approximate surface area is 144 Å². The predicted molar refractivity (Wildman–Crippen MR) is 89.6 cm³/mol. The van der Waals surface area contributed by atoms with Gasteiger partial charge in [0.2, 0.25) is 0 Å². The molecule has 0 saturated carbocycles. The second-order valence-electron chi connectivity index (χ2n) is 4.95. The van der Waals surface area contributed by atoms with Crippen LogP contribution in [0.5, 0.6) is 0 Å². The van der Waals surface area contributed by atoms with Crippen molar-refractivity contribution in [3.63, 3.8) is 0 Å². The normalized spacial score (nSPS) is 16.5. The average Bonchev–Trinajstić information content (AvgIpc) is 2.98. The van der Waals surface area contributed by atoms with Crippen LogP contribution >= 0.6 is 0 Å². The van der Waals surface area contributed by atoms with Crippen LogP contribution in [0.1, 0.15) is 10.4 Å². The fraction of sp³-hybridized carbons (Fsp3) is 0.0588. The molecule has 2 aromatic rings. The summed E-state index contributed by atoms with van der Waals surface area (Å²) in [5, 5.41) is 5.21. The van der Waals surface area contributed by atoms with E-state index in [0.717, 1.165) is 0 Å². The Morgan fingerprint density at radius 3 is 2.67 bits per heavy atom. The molecule has 0 radical (unpaired) electrons. The molecule has 2 aromatic carbocycles. The van der Waals surface area contributed by atoms with Crippen molar-refractivity contribution < 1.29 is 14.0 Å². The molecule has 1 aliphatic heterocycles. The van der Waals surface area contributed by atoms with Gasteiger partial charge in [-0.1, -0.05) is 0 Å². The Hall–Kier alpha value is -2.63. The molecule has 0 bridgehead atoms. The molecule has 0 spiro atoms. The van der Waals surface area contributed by atoms with Crippen LogP contribution in [0.2, 0.25) is 0 Å². The molecule has 1 aliphatic rings. The molecule has 0 aliphatic carbocycles.